The van der Waals surface area contributed by atoms with E-state index < -0.39 is 0 Å². The number of nitrogens with one attached hydrogen (secondary N) is 1. The fraction of sp³-hybridized carbons (Fsp3) is 0.476. The monoisotopic (exact) mass is 368 g/mol. The highest BCUT2D eigenvalue weighted by atomic mass is 16.3. The second-order valence-corrected chi connectivity index (χ2v) is 7.29. The van der Waals surface area contributed by atoms with Gasteiger partial charge in [-0.2, -0.15) is 5.10 Å². The average Bonchev–Trinajstić information content (AvgIpc) is 3.21. The van der Waals surface area contributed by atoms with Crippen molar-refractivity contribution in [2.24, 2.45) is 7.05 Å². The van der Waals surface area contributed by atoms with Crippen molar-refractivity contribution in [2.45, 2.75) is 59.4 Å². The van der Waals surface area contributed by atoms with Crippen LogP contribution in [0.1, 0.15) is 48.0 Å². The lowest BCUT2D eigenvalue weighted by Crippen LogP contribution is -2.33. The first kappa shape index (κ1) is 19.1. The Morgan fingerprint density at radius 1 is 1.26 bits per heavy atom. The summed E-state index contributed by atoms with van der Waals surface area (Å²) in [5.74, 6) is 1.03. The zero-order valence-electron chi connectivity index (χ0n) is 16.8. The van der Waals surface area contributed by atoms with Crippen molar-refractivity contribution in [1.29, 1.82) is 0 Å². The van der Waals surface area contributed by atoms with Gasteiger partial charge in [0.05, 0.1) is 12.0 Å². The van der Waals surface area contributed by atoms with Crippen LogP contribution in [0.15, 0.2) is 22.8 Å². The van der Waals surface area contributed by atoms with E-state index in [2.05, 4.69) is 17.3 Å². The predicted octanol–water partition coefficient (Wildman–Crippen LogP) is 3.56. The van der Waals surface area contributed by atoms with Crippen molar-refractivity contribution in [3.05, 3.63) is 46.7 Å². The summed E-state index contributed by atoms with van der Waals surface area (Å²) < 4.78 is 7.16. The Kier molecular flexibility index (Phi) is 5.63. The lowest BCUT2D eigenvalue weighted by Gasteiger charge is -2.14. The van der Waals surface area contributed by atoms with Gasteiger partial charge in [0.15, 0.2) is 5.65 Å². The first-order chi connectivity index (χ1) is 12.9. The Morgan fingerprint density at radius 2 is 2.04 bits per heavy atom. The predicted molar refractivity (Wildman–Crippen MR) is 106 cm³/mol. The minimum absolute atomic E-state index is 0.0729. The van der Waals surface area contributed by atoms with E-state index >= 15 is 0 Å². The molecule has 27 heavy (non-hydrogen) atoms. The van der Waals surface area contributed by atoms with E-state index in [1.165, 1.54) is 5.56 Å². The summed E-state index contributed by atoms with van der Waals surface area (Å²) in [4.78, 5) is 17.1. The zero-order valence-corrected chi connectivity index (χ0v) is 16.8. The molecule has 6 heteroatoms. The van der Waals surface area contributed by atoms with Crippen LogP contribution in [0.4, 0.5) is 0 Å². The van der Waals surface area contributed by atoms with Gasteiger partial charge in [-0.05, 0) is 63.8 Å². The van der Waals surface area contributed by atoms with E-state index in [1.54, 1.807) is 6.26 Å². The van der Waals surface area contributed by atoms with Crippen LogP contribution >= 0.6 is 0 Å². The third-order valence-electron chi connectivity index (χ3n) is 5.14. The highest BCUT2D eigenvalue weighted by Gasteiger charge is 2.16. The number of hydrogen-bond acceptors (Lipinski definition) is 4. The fourth-order valence-corrected chi connectivity index (χ4v) is 3.70. The first-order valence-electron chi connectivity index (χ1n) is 9.48. The summed E-state index contributed by atoms with van der Waals surface area (Å²) in [6.07, 6.45) is 4.51. The normalized spacial score (nSPS) is 12.5. The van der Waals surface area contributed by atoms with Gasteiger partial charge in [-0.1, -0.05) is 0 Å². The summed E-state index contributed by atoms with van der Waals surface area (Å²) in [6.45, 7) is 8.15. The number of pyridine rings is 1. The van der Waals surface area contributed by atoms with Crippen LogP contribution in [0.25, 0.3) is 11.0 Å². The number of amides is 1. The molecule has 0 aliphatic carbocycles. The van der Waals surface area contributed by atoms with E-state index in [4.69, 9.17) is 9.40 Å². The van der Waals surface area contributed by atoms with Gasteiger partial charge < -0.3 is 9.73 Å². The molecule has 0 saturated heterocycles. The molecule has 3 aromatic heterocycles. The Hall–Kier alpha value is -2.63. The molecule has 0 aliphatic rings. The summed E-state index contributed by atoms with van der Waals surface area (Å²) in [5.41, 5.74) is 5.19. The van der Waals surface area contributed by atoms with Gasteiger partial charge in [-0.25, -0.2) is 4.98 Å². The van der Waals surface area contributed by atoms with Gasteiger partial charge in [0, 0.05) is 37.0 Å². The number of furan rings is 1. The summed E-state index contributed by atoms with van der Waals surface area (Å²) in [7, 11) is 1.92. The average molecular weight is 368 g/mol. The van der Waals surface area contributed by atoms with Gasteiger partial charge in [-0.15, -0.1) is 0 Å². The second kappa shape index (κ2) is 7.94. The number of fused-ring (bicyclic) bond motifs is 1. The summed E-state index contributed by atoms with van der Waals surface area (Å²) >= 11 is 0. The third kappa shape index (κ3) is 4.21. The van der Waals surface area contributed by atoms with Crippen molar-refractivity contribution in [1.82, 2.24) is 20.1 Å². The molecule has 0 saturated carbocycles. The number of aryl methyl sites for hydroxylation is 5. The van der Waals surface area contributed by atoms with E-state index in [0.717, 1.165) is 46.6 Å². The molecule has 144 valence electrons. The van der Waals surface area contributed by atoms with Crippen LogP contribution in [-0.2, 0) is 24.7 Å². The maximum Gasteiger partial charge on any atom is 0.220 e. The molecule has 0 aliphatic heterocycles. The Morgan fingerprint density at radius 3 is 2.74 bits per heavy atom. The molecule has 3 rings (SSSR count). The van der Waals surface area contributed by atoms with Gasteiger partial charge in [-0.3, -0.25) is 9.48 Å². The number of nitrogens with zero attached hydrogens (tertiary/aromatic N) is 3. The molecule has 6 nitrogen and oxygen atoms in total. The van der Waals surface area contributed by atoms with E-state index in [9.17, 15) is 4.79 Å². The van der Waals surface area contributed by atoms with Crippen LogP contribution in [-0.4, -0.2) is 26.7 Å². The minimum Gasteiger partial charge on any atom is -0.469 e. The fourth-order valence-electron chi connectivity index (χ4n) is 3.70. The van der Waals surface area contributed by atoms with Crippen molar-refractivity contribution < 1.29 is 9.21 Å². The molecule has 3 aromatic rings. The number of carbonyl (C=O) groups excluding carboxylic acids is 1. The number of hydrogen-bond donors (Lipinski definition) is 1. The zero-order chi connectivity index (χ0) is 19.6. The number of aromatic nitrogens is 3. The number of carbonyl (C=O) groups is 1. The molecule has 1 atom stereocenters. The maximum atomic E-state index is 12.4. The third-order valence-corrected chi connectivity index (χ3v) is 5.14. The lowest BCUT2D eigenvalue weighted by molar-refractivity contribution is -0.121. The topological polar surface area (TPSA) is 73.0 Å². The molecule has 1 N–H and O–H groups in total. The van der Waals surface area contributed by atoms with Gasteiger partial charge >= 0.3 is 0 Å². The summed E-state index contributed by atoms with van der Waals surface area (Å²) in [5, 5.41) is 8.67. The summed E-state index contributed by atoms with van der Waals surface area (Å²) in [6, 6.07) is 3.97. The van der Waals surface area contributed by atoms with Crippen LogP contribution in [0, 0.1) is 20.8 Å². The number of rotatable bonds is 7. The van der Waals surface area contributed by atoms with Crippen LogP contribution < -0.4 is 5.32 Å². The van der Waals surface area contributed by atoms with Crippen molar-refractivity contribution in [3.8, 4) is 0 Å². The van der Waals surface area contributed by atoms with E-state index in [0.29, 0.717) is 12.8 Å². The molecule has 0 spiro atoms. The standard InChI is InChI=1S/C21H28N4O2/c1-13(8-9-17-7-6-12-27-17)22-19(26)11-10-18-14(2)20-16(4)24-25(5)21(20)23-15(18)3/h6-7,12-13H,8-11H2,1-5H3,(H,22,26)/t13-/m1/s1. The van der Waals surface area contributed by atoms with Gasteiger partial charge in [0.1, 0.15) is 5.76 Å². The van der Waals surface area contributed by atoms with Gasteiger partial charge in [0.25, 0.3) is 0 Å². The molecule has 0 radical (unpaired) electrons. The molecular weight excluding hydrogens is 340 g/mol. The lowest BCUT2D eigenvalue weighted by atomic mass is 9.99. The first-order valence-corrected chi connectivity index (χ1v) is 9.48. The second-order valence-electron chi connectivity index (χ2n) is 7.29. The van der Waals surface area contributed by atoms with Crippen molar-refractivity contribution in [2.75, 3.05) is 0 Å². The van der Waals surface area contributed by atoms with Gasteiger partial charge in [0.2, 0.25) is 5.91 Å². The Bertz CT molecular complexity index is 941. The van der Waals surface area contributed by atoms with Crippen LogP contribution in [0.3, 0.4) is 0 Å². The van der Waals surface area contributed by atoms with E-state index in [1.807, 2.05) is 44.6 Å². The van der Waals surface area contributed by atoms with Crippen LogP contribution in [0.5, 0.6) is 0 Å². The molecular formula is C21H28N4O2. The molecule has 0 bridgehead atoms. The van der Waals surface area contributed by atoms with E-state index in [-0.39, 0.29) is 11.9 Å². The molecule has 0 fully saturated rings. The van der Waals surface area contributed by atoms with Crippen molar-refractivity contribution >= 4 is 16.9 Å². The smallest absolute Gasteiger partial charge is 0.220 e. The minimum atomic E-state index is 0.0729. The molecule has 0 aromatic carbocycles. The van der Waals surface area contributed by atoms with Crippen molar-refractivity contribution in [3.63, 3.8) is 0 Å². The molecule has 3 heterocycles. The largest absolute Gasteiger partial charge is 0.469 e. The molecule has 0 unspecified atom stereocenters. The highest BCUT2D eigenvalue weighted by Crippen LogP contribution is 2.26. The van der Waals surface area contributed by atoms with Crippen LogP contribution in [0.2, 0.25) is 0 Å². The SMILES string of the molecule is Cc1nc2c(c(C)nn2C)c(C)c1CCC(=O)N[C@H](C)CCc1ccco1. The quantitative estimate of drug-likeness (QED) is 0.692. The Balaban J connectivity index is 1.60. The Labute approximate surface area is 160 Å². The highest BCUT2D eigenvalue weighted by molar-refractivity contribution is 5.84. The molecule has 1 amide bonds. The maximum absolute atomic E-state index is 12.4.